The van der Waals surface area contributed by atoms with E-state index in [9.17, 15) is 9.59 Å². The molecule has 24 heavy (non-hydrogen) atoms. The van der Waals surface area contributed by atoms with Gasteiger partial charge in [0.25, 0.3) is 0 Å². The molecule has 0 spiro atoms. The molecule has 2 aromatic rings. The molecule has 0 saturated carbocycles. The summed E-state index contributed by atoms with van der Waals surface area (Å²) < 4.78 is 10.3. The molecule has 2 rings (SSSR count). The van der Waals surface area contributed by atoms with Gasteiger partial charge in [-0.15, -0.1) is 0 Å². The maximum atomic E-state index is 12.0. The first kappa shape index (κ1) is 17.3. The van der Waals surface area contributed by atoms with Crippen molar-refractivity contribution in [2.45, 2.75) is 13.0 Å². The summed E-state index contributed by atoms with van der Waals surface area (Å²) in [7, 11) is 3.02. The van der Waals surface area contributed by atoms with E-state index in [0.717, 1.165) is 5.56 Å². The lowest BCUT2D eigenvalue weighted by atomic mass is 10.1. The van der Waals surface area contributed by atoms with Crippen molar-refractivity contribution in [3.05, 3.63) is 54.1 Å². The van der Waals surface area contributed by atoms with Crippen LogP contribution in [0.3, 0.4) is 0 Å². The zero-order chi connectivity index (χ0) is 17.5. The molecule has 6 heteroatoms. The Morgan fingerprint density at radius 2 is 1.58 bits per heavy atom. The molecular formula is C18H20N2O4. The van der Waals surface area contributed by atoms with Crippen LogP contribution in [-0.2, 0) is 9.59 Å². The van der Waals surface area contributed by atoms with E-state index in [0.29, 0.717) is 17.2 Å². The Balaban J connectivity index is 2.00. The second kappa shape index (κ2) is 8.01. The normalized spacial score (nSPS) is 11.3. The number of hydrogen-bond donors (Lipinski definition) is 2. The van der Waals surface area contributed by atoms with Gasteiger partial charge in [-0.1, -0.05) is 30.3 Å². The molecule has 0 aliphatic heterocycles. The SMILES string of the molecule is COc1ccc(NC(=O)C(=O)NC(C)c2ccccc2)cc1OC. The predicted molar refractivity (Wildman–Crippen MR) is 91.2 cm³/mol. The maximum Gasteiger partial charge on any atom is 0.313 e. The van der Waals surface area contributed by atoms with Gasteiger partial charge in [-0.3, -0.25) is 9.59 Å². The number of methoxy groups -OCH3 is 2. The summed E-state index contributed by atoms with van der Waals surface area (Å²) in [5.41, 5.74) is 1.37. The number of benzene rings is 2. The van der Waals surface area contributed by atoms with Gasteiger partial charge >= 0.3 is 11.8 Å². The quantitative estimate of drug-likeness (QED) is 0.827. The predicted octanol–water partition coefficient (Wildman–Crippen LogP) is 2.52. The minimum Gasteiger partial charge on any atom is -0.493 e. The topological polar surface area (TPSA) is 76.7 Å². The number of ether oxygens (including phenoxy) is 2. The molecule has 1 unspecified atom stereocenters. The summed E-state index contributed by atoms with van der Waals surface area (Å²) in [6, 6.07) is 14.0. The van der Waals surface area contributed by atoms with E-state index in [1.165, 1.54) is 14.2 Å². The van der Waals surface area contributed by atoms with E-state index in [1.54, 1.807) is 18.2 Å². The zero-order valence-electron chi connectivity index (χ0n) is 13.8. The lowest BCUT2D eigenvalue weighted by Gasteiger charge is -2.14. The van der Waals surface area contributed by atoms with Crippen molar-refractivity contribution in [1.82, 2.24) is 5.32 Å². The average molecular weight is 328 g/mol. The first-order valence-corrected chi connectivity index (χ1v) is 7.44. The number of carbonyl (C=O) groups is 2. The van der Waals surface area contributed by atoms with Crippen LogP contribution in [0.15, 0.2) is 48.5 Å². The van der Waals surface area contributed by atoms with E-state index in [4.69, 9.17) is 9.47 Å². The summed E-state index contributed by atoms with van der Waals surface area (Å²) in [5.74, 6) is -0.447. The monoisotopic (exact) mass is 328 g/mol. The summed E-state index contributed by atoms with van der Waals surface area (Å²) in [4.78, 5) is 24.1. The Morgan fingerprint density at radius 3 is 2.21 bits per heavy atom. The molecule has 2 aromatic carbocycles. The van der Waals surface area contributed by atoms with Crippen LogP contribution in [0.4, 0.5) is 5.69 Å². The van der Waals surface area contributed by atoms with E-state index < -0.39 is 11.8 Å². The van der Waals surface area contributed by atoms with Gasteiger partial charge in [0.1, 0.15) is 0 Å². The van der Waals surface area contributed by atoms with E-state index in [-0.39, 0.29) is 6.04 Å². The van der Waals surface area contributed by atoms with Crippen LogP contribution in [-0.4, -0.2) is 26.0 Å². The molecule has 0 fully saturated rings. The van der Waals surface area contributed by atoms with Gasteiger partial charge in [0.15, 0.2) is 11.5 Å². The third-order valence-electron chi connectivity index (χ3n) is 3.49. The summed E-state index contributed by atoms with van der Waals surface area (Å²) in [5, 5.41) is 5.20. The van der Waals surface area contributed by atoms with Crippen LogP contribution in [0.5, 0.6) is 11.5 Å². The highest BCUT2D eigenvalue weighted by atomic mass is 16.5. The van der Waals surface area contributed by atoms with Crippen molar-refractivity contribution in [3.63, 3.8) is 0 Å². The largest absolute Gasteiger partial charge is 0.493 e. The average Bonchev–Trinajstić information content (AvgIpc) is 2.62. The van der Waals surface area contributed by atoms with Gasteiger partial charge in [-0.25, -0.2) is 0 Å². The molecular weight excluding hydrogens is 308 g/mol. The second-order valence-corrected chi connectivity index (χ2v) is 5.13. The van der Waals surface area contributed by atoms with Gasteiger partial charge in [-0.2, -0.15) is 0 Å². The lowest BCUT2D eigenvalue weighted by Crippen LogP contribution is -2.36. The van der Waals surface area contributed by atoms with Crippen molar-refractivity contribution in [2.24, 2.45) is 0 Å². The van der Waals surface area contributed by atoms with Gasteiger partial charge in [0, 0.05) is 11.8 Å². The van der Waals surface area contributed by atoms with Gasteiger partial charge in [0.05, 0.1) is 20.3 Å². The van der Waals surface area contributed by atoms with Crippen LogP contribution >= 0.6 is 0 Å². The van der Waals surface area contributed by atoms with Crippen LogP contribution in [0.25, 0.3) is 0 Å². The van der Waals surface area contributed by atoms with Crippen LogP contribution < -0.4 is 20.1 Å². The van der Waals surface area contributed by atoms with Gasteiger partial charge in [0.2, 0.25) is 0 Å². The Kier molecular flexibility index (Phi) is 5.78. The number of amides is 2. The number of rotatable bonds is 5. The van der Waals surface area contributed by atoms with Crippen LogP contribution in [0, 0.1) is 0 Å². The third kappa shape index (κ3) is 4.25. The highest BCUT2D eigenvalue weighted by molar-refractivity contribution is 6.39. The van der Waals surface area contributed by atoms with Gasteiger partial charge < -0.3 is 20.1 Å². The Morgan fingerprint density at radius 1 is 0.917 bits per heavy atom. The fourth-order valence-corrected chi connectivity index (χ4v) is 2.19. The number of carbonyl (C=O) groups excluding carboxylic acids is 2. The van der Waals surface area contributed by atoms with E-state index >= 15 is 0 Å². The zero-order valence-corrected chi connectivity index (χ0v) is 13.8. The highest BCUT2D eigenvalue weighted by Crippen LogP contribution is 2.29. The van der Waals surface area contributed by atoms with Crippen LogP contribution in [0.2, 0.25) is 0 Å². The second-order valence-electron chi connectivity index (χ2n) is 5.13. The smallest absolute Gasteiger partial charge is 0.313 e. The first-order chi connectivity index (χ1) is 11.5. The standard InChI is InChI=1S/C18H20N2O4/c1-12(13-7-5-4-6-8-13)19-17(21)18(22)20-14-9-10-15(23-2)16(11-14)24-3/h4-12H,1-3H3,(H,19,21)(H,20,22). The van der Waals surface area contributed by atoms with Crippen molar-refractivity contribution < 1.29 is 19.1 Å². The van der Waals surface area contributed by atoms with E-state index in [2.05, 4.69) is 10.6 Å². The van der Waals surface area contributed by atoms with Crippen molar-refractivity contribution in [1.29, 1.82) is 0 Å². The Labute approximate surface area is 140 Å². The fourth-order valence-electron chi connectivity index (χ4n) is 2.19. The molecule has 0 bridgehead atoms. The van der Waals surface area contributed by atoms with E-state index in [1.807, 2.05) is 37.3 Å². The molecule has 0 radical (unpaired) electrons. The van der Waals surface area contributed by atoms with Gasteiger partial charge in [-0.05, 0) is 24.6 Å². The lowest BCUT2D eigenvalue weighted by molar-refractivity contribution is -0.136. The molecule has 6 nitrogen and oxygen atoms in total. The Hall–Kier alpha value is -3.02. The molecule has 1 atom stereocenters. The number of hydrogen-bond acceptors (Lipinski definition) is 4. The summed E-state index contributed by atoms with van der Waals surface area (Å²) >= 11 is 0. The first-order valence-electron chi connectivity index (χ1n) is 7.44. The molecule has 0 aromatic heterocycles. The number of anilines is 1. The molecule has 126 valence electrons. The number of nitrogens with one attached hydrogen (secondary N) is 2. The highest BCUT2D eigenvalue weighted by Gasteiger charge is 2.17. The van der Waals surface area contributed by atoms with Crippen molar-refractivity contribution in [3.8, 4) is 11.5 Å². The Bertz CT molecular complexity index is 716. The fraction of sp³-hybridized carbons (Fsp3) is 0.222. The maximum absolute atomic E-state index is 12.0. The third-order valence-corrected chi connectivity index (χ3v) is 3.49. The van der Waals surface area contributed by atoms with Crippen molar-refractivity contribution in [2.75, 3.05) is 19.5 Å². The molecule has 2 N–H and O–H groups in total. The minimum absolute atomic E-state index is 0.269. The minimum atomic E-state index is -0.745. The molecule has 0 aliphatic rings. The van der Waals surface area contributed by atoms with Crippen LogP contribution in [0.1, 0.15) is 18.5 Å². The molecule has 0 aliphatic carbocycles. The summed E-state index contributed by atoms with van der Waals surface area (Å²) in [6.45, 7) is 1.82. The van der Waals surface area contributed by atoms with Crippen molar-refractivity contribution >= 4 is 17.5 Å². The molecule has 0 heterocycles. The summed E-state index contributed by atoms with van der Waals surface area (Å²) in [6.07, 6.45) is 0. The molecule has 2 amide bonds. The molecule has 0 saturated heterocycles.